The number of fused-ring (bicyclic) bond motifs is 1. The fourth-order valence-electron chi connectivity index (χ4n) is 2.22. The third-order valence-corrected chi connectivity index (χ3v) is 3.32. The molecule has 3 aromatic rings. The number of pyridine rings is 1. The number of nitrogens with one attached hydrogen (secondary N) is 1. The van der Waals surface area contributed by atoms with Crippen molar-refractivity contribution in [2.24, 2.45) is 0 Å². The molecular weight excluding hydrogens is 255 g/mol. The molecule has 102 valence electrons. The van der Waals surface area contributed by atoms with Crippen molar-refractivity contribution in [3.63, 3.8) is 0 Å². The third-order valence-electron chi connectivity index (χ3n) is 3.32. The first-order chi connectivity index (χ1) is 9.63. The lowest BCUT2D eigenvalue weighted by molar-refractivity contribution is 0.554. The molecule has 0 saturated heterocycles. The summed E-state index contributed by atoms with van der Waals surface area (Å²) >= 11 is 0. The van der Waals surface area contributed by atoms with Gasteiger partial charge in [0.1, 0.15) is 23.0 Å². The summed E-state index contributed by atoms with van der Waals surface area (Å²) in [5.41, 5.74) is 2.62. The van der Waals surface area contributed by atoms with Crippen molar-refractivity contribution in [1.82, 2.24) is 4.98 Å². The molecule has 1 aromatic carbocycles. The Labute approximate surface area is 116 Å². The summed E-state index contributed by atoms with van der Waals surface area (Å²) in [5, 5.41) is 4.04. The van der Waals surface area contributed by atoms with Gasteiger partial charge in [-0.05, 0) is 44.2 Å². The first-order valence-corrected chi connectivity index (χ1v) is 6.48. The number of rotatable bonds is 3. The molecule has 0 bridgehead atoms. The van der Waals surface area contributed by atoms with Gasteiger partial charge in [0, 0.05) is 16.6 Å². The van der Waals surface area contributed by atoms with Crippen LogP contribution in [0.5, 0.6) is 0 Å². The monoisotopic (exact) mass is 270 g/mol. The summed E-state index contributed by atoms with van der Waals surface area (Å²) in [6.45, 7) is 4.41. The third kappa shape index (κ3) is 2.37. The van der Waals surface area contributed by atoms with Gasteiger partial charge in [-0.2, -0.15) is 0 Å². The van der Waals surface area contributed by atoms with Gasteiger partial charge in [-0.1, -0.05) is 6.07 Å². The molecule has 2 aromatic heterocycles. The number of halogens is 1. The first-order valence-electron chi connectivity index (χ1n) is 6.48. The molecule has 0 aliphatic heterocycles. The van der Waals surface area contributed by atoms with Gasteiger partial charge in [0.15, 0.2) is 0 Å². The number of benzene rings is 1. The Morgan fingerprint density at radius 1 is 1.20 bits per heavy atom. The van der Waals surface area contributed by atoms with Crippen LogP contribution in [0, 0.1) is 19.7 Å². The molecule has 0 atom stereocenters. The number of nitrogens with zero attached hydrogens (tertiary/aromatic N) is 1. The second-order valence-corrected chi connectivity index (χ2v) is 4.81. The van der Waals surface area contributed by atoms with Crippen LogP contribution < -0.4 is 5.32 Å². The highest BCUT2D eigenvalue weighted by molar-refractivity contribution is 5.82. The van der Waals surface area contributed by atoms with Crippen molar-refractivity contribution < 1.29 is 8.81 Å². The van der Waals surface area contributed by atoms with E-state index in [-0.39, 0.29) is 5.82 Å². The Hall–Kier alpha value is -2.36. The summed E-state index contributed by atoms with van der Waals surface area (Å²) in [6.07, 6.45) is 0. The maximum absolute atomic E-state index is 13.3. The number of aromatic nitrogens is 1. The average molecular weight is 270 g/mol. The van der Waals surface area contributed by atoms with Crippen molar-refractivity contribution >= 4 is 16.8 Å². The summed E-state index contributed by atoms with van der Waals surface area (Å²) < 4.78 is 19.0. The minimum absolute atomic E-state index is 0.249. The predicted octanol–water partition coefficient (Wildman–Crippen LogP) is 4.20. The fourth-order valence-corrected chi connectivity index (χ4v) is 2.22. The molecule has 0 aliphatic rings. The van der Waals surface area contributed by atoms with Crippen LogP contribution in [0.25, 0.3) is 11.0 Å². The van der Waals surface area contributed by atoms with E-state index >= 15 is 0 Å². The van der Waals surface area contributed by atoms with Crippen molar-refractivity contribution in [2.45, 2.75) is 20.4 Å². The van der Waals surface area contributed by atoms with E-state index < -0.39 is 0 Å². The Bertz CT molecular complexity index is 764. The van der Waals surface area contributed by atoms with E-state index in [4.69, 9.17) is 4.42 Å². The van der Waals surface area contributed by atoms with Crippen LogP contribution in [-0.2, 0) is 6.54 Å². The second kappa shape index (κ2) is 4.96. The van der Waals surface area contributed by atoms with E-state index in [1.165, 1.54) is 12.1 Å². The smallest absolute Gasteiger partial charge is 0.134 e. The molecule has 0 fully saturated rings. The van der Waals surface area contributed by atoms with Gasteiger partial charge >= 0.3 is 0 Å². The van der Waals surface area contributed by atoms with E-state index in [0.29, 0.717) is 12.1 Å². The Balaban J connectivity index is 1.86. The van der Waals surface area contributed by atoms with Gasteiger partial charge in [0.05, 0.1) is 6.54 Å². The van der Waals surface area contributed by atoms with E-state index in [9.17, 15) is 4.39 Å². The minimum Gasteiger partial charge on any atom is -0.459 e. The van der Waals surface area contributed by atoms with E-state index in [1.807, 2.05) is 32.0 Å². The van der Waals surface area contributed by atoms with E-state index in [1.54, 1.807) is 6.07 Å². The Kier molecular flexibility index (Phi) is 3.14. The molecule has 0 saturated carbocycles. The maximum Gasteiger partial charge on any atom is 0.134 e. The van der Waals surface area contributed by atoms with Crippen molar-refractivity contribution in [2.75, 3.05) is 5.32 Å². The largest absolute Gasteiger partial charge is 0.459 e. The van der Waals surface area contributed by atoms with Crippen molar-refractivity contribution in [1.29, 1.82) is 0 Å². The summed E-state index contributed by atoms with van der Waals surface area (Å²) in [6, 6.07) is 10.4. The molecule has 0 radical (unpaired) electrons. The lowest BCUT2D eigenvalue weighted by Gasteiger charge is -2.04. The highest BCUT2D eigenvalue weighted by Gasteiger charge is 2.11. The minimum atomic E-state index is -0.249. The summed E-state index contributed by atoms with van der Waals surface area (Å²) in [7, 11) is 0. The molecule has 3 nitrogen and oxygen atoms in total. The van der Waals surface area contributed by atoms with Crippen LogP contribution in [-0.4, -0.2) is 4.98 Å². The van der Waals surface area contributed by atoms with Crippen LogP contribution >= 0.6 is 0 Å². The van der Waals surface area contributed by atoms with Crippen molar-refractivity contribution in [3.8, 4) is 0 Å². The number of aryl methyl sites for hydroxylation is 2. The molecule has 0 spiro atoms. The highest BCUT2D eigenvalue weighted by atomic mass is 19.1. The summed E-state index contributed by atoms with van der Waals surface area (Å²) in [5.74, 6) is 1.35. The van der Waals surface area contributed by atoms with Gasteiger partial charge in [-0.3, -0.25) is 0 Å². The zero-order valence-electron chi connectivity index (χ0n) is 11.4. The Morgan fingerprint density at radius 2 is 2.05 bits per heavy atom. The lowest BCUT2D eigenvalue weighted by Crippen LogP contribution is -2.01. The zero-order chi connectivity index (χ0) is 14.1. The van der Waals surface area contributed by atoms with Gasteiger partial charge in [-0.25, -0.2) is 9.37 Å². The van der Waals surface area contributed by atoms with Gasteiger partial charge in [0.2, 0.25) is 0 Å². The van der Waals surface area contributed by atoms with Gasteiger partial charge in [0.25, 0.3) is 0 Å². The molecule has 2 heterocycles. The van der Waals surface area contributed by atoms with Crippen molar-refractivity contribution in [3.05, 3.63) is 59.2 Å². The molecule has 4 heteroatoms. The maximum atomic E-state index is 13.3. The molecule has 20 heavy (non-hydrogen) atoms. The normalized spacial score (nSPS) is 10.9. The highest BCUT2D eigenvalue weighted by Crippen LogP contribution is 2.26. The van der Waals surface area contributed by atoms with E-state index in [2.05, 4.69) is 10.3 Å². The molecule has 0 aliphatic carbocycles. The van der Waals surface area contributed by atoms with E-state index in [0.717, 1.165) is 28.2 Å². The topological polar surface area (TPSA) is 38.1 Å². The van der Waals surface area contributed by atoms with Crippen LogP contribution in [0.2, 0.25) is 0 Å². The average Bonchev–Trinajstić information content (AvgIpc) is 2.73. The van der Waals surface area contributed by atoms with Gasteiger partial charge in [-0.15, -0.1) is 0 Å². The number of anilines is 1. The molecule has 0 amide bonds. The van der Waals surface area contributed by atoms with Crippen LogP contribution in [0.4, 0.5) is 10.2 Å². The SMILES string of the molecule is Cc1cccc(NCc2oc3ccc(F)cc3c2C)n1. The summed E-state index contributed by atoms with van der Waals surface area (Å²) in [4.78, 5) is 4.37. The quantitative estimate of drug-likeness (QED) is 0.775. The number of hydrogen-bond donors (Lipinski definition) is 1. The first kappa shape index (κ1) is 12.7. The number of furan rings is 1. The number of hydrogen-bond acceptors (Lipinski definition) is 3. The molecular formula is C16H15FN2O. The van der Waals surface area contributed by atoms with Crippen LogP contribution in [0.1, 0.15) is 17.0 Å². The molecule has 0 unspecified atom stereocenters. The fraction of sp³-hybridized carbons (Fsp3) is 0.188. The molecule has 3 rings (SSSR count). The van der Waals surface area contributed by atoms with Crippen LogP contribution in [0.3, 0.4) is 0 Å². The predicted molar refractivity (Wildman–Crippen MR) is 77.2 cm³/mol. The second-order valence-electron chi connectivity index (χ2n) is 4.81. The van der Waals surface area contributed by atoms with Crippen LogP contribution in [0.15, 0.2) is 40.8 Å². The molecule has 1 N–H and O–H groups in total. The Morgan fingerprint density at radius 3 is 2.85 bits per heavy atom. The standard InChI is InChI=1S/C16H15FN2O/c1-10-4-3-5-16(19-10)18-9-15-11(2)13-8-12(17)6-7-14(13)20-15/h3-8H,9H2,1-2H3,(H,18,19). The zero-order valence-corrected chi connectivity index (χ0v) is 11.4. The lowest BCUT2D eigenvalue weighted by atomic mass is 10.1. The van der Waals surface area contributed by atoms with Gasteiger partial charge < -0.3 is 9.73 Å².